The number of pyridine rings is 1. The van der Waals surface area contributed by atoms with Crippen molar-refractivity contribution in [3.8, 4) is 0 Å². The average molecular weight is 476 g/mol. The van der Waals surface area contributed by atoms with E-state index in [0.29, 0.717) is 4.32 Å². The molecule has 0 amide bonds. The predicted molar refractivity (Wildman–Crippen MR) is 99.2 cm³/mol. The Morgan fingerprint density at radius 2 is 1.78 bits per heavy atom. The van der Waals surface area contributed by atoms with E-state index in [1.165, 1.54) is 11.8 Å². The van der Waals surface area contributed by atoms with Gasteiger partial charge in [-0.05, 0) is 18.4 Å². The van der Waals surface area contributed by atoms with E-state index in [2.05, 4.69) is 15.5 Å². The molecule has 0 saturated heterocycles. The maximum absolute atomic E-state index is 5.10. The van der Waals surface area contributed by atoms with Crippen molar-refractivity contribution < 1.29 is 20.6 Å². The summed E-state index contributed by atoms with van der Waals surface area (Å²) in [7, 11) is 9.71. The third kappa shape index (κ3) is 8.75. The van der Waals surface area contributed by atoms with Gasteiger partial charge in [0.25, 0.3) is 0 Å². The van der Waals surface area contributed by atoms with Crippen molar-refractivity contribution in [2.24, 2.45) is 5.10 Å². The molecule has 0 bridgehead atoms. The minimum Gasteiger partial charge on any atom is -0.870 e. The van der Waals surface area contributed by atoms with Gasteiger partial charge in [0.15, 0.2) is 4.32 Å². The van der Waals surface area contributed by atoms with Crippen molar-refractivity contribution >= 4 is 53.4 Å². The molecular formula is C14H14Cl2N3ORuS2-. The van der Waals surface area contributed by atoms with E-state index in [1.807, 2.05) is 54.8 Å². The molecule has 126 valence electrons. The van der Waals surface area contributed by atoms with E-state index in [9.17, 15) is 0 Å². The molecule has 0 aliphatic rings. The number of rotatable bonds is 3. The second-order valence-corrected chi connectivity index (χ2v) is 7.82. The molecular weight excluding hydrogens is 462 g/mol. The average Bonchev–Trinajstić information content (AvgIpc) is 2.57. The van der Waals surface area contributed by atoms with Crippen LogP contribution in [-0.2, 0) is 15.1 Å². The summed E-state index contributed by atoms with van der Waals surface area (Å²) < 4.78 is 0.629. The number of hydrazone groups is 1. The topological polar surface area (TPSA) is 67.3 Å². The molecule has 1 aromatic heterocycles. The van der Waals surface area contributed by atoms with Gasteiger partial charge in [0, 0.05) is 11.8 Å². The third-order valence-corrected chi connectivity index (χ3v) is 3.45. The van der Waals surface area contributed by atoms with Crippen molar-refractivity contribution in [1.82, 2.24) is 10.4 Å². The molecule has 0 unspecified atom stereocenters. The Labute approximate surface area is 161 Å². The molecule has 9 heteroatoms. The summed E-state index contributed by atoms with van der Waals surface area (Å²) in [4.78, 5) is 4.34. The van der Waals surface area contributed by atoms with Gasteiger partial charge in [-0.2, -0.15) is 5.10 Å². The fourth-order valence-electron chi connectivity index (χ4n) is 1.52. The van der Waals surface area contributed by atoms with E-state index in [-0.39, 0.29) is 20.6 Å². The molecule has 4 nitrogen and oxygen atoms in total. The van der Waals surface area contributed by atoms with Gasteiger partial charge in [0.1, 0.15) is 5.71 Å². The molecule has 0 spiro atoms. The van der Waals surface area contributed by atoms with Gasteiger partial charge >= 0.3 is 34.5 Å². The fourth-order valence-corrected chi connectivity index (χ4v) is 1.70. The van der Waals surface area contributed by atoms with Crippen molar-refractivity contribution in [3.63, 3.8) is 0 Å². The zero-order chi connectivity index (χ0) is 16.2. The SMILES string of the molecule is CSC(=S)NN=C(c1ccccc1)c1ccccn1.[Cl][Ru][Cl].[OH-]. The monoisotopic (exact) mass is 476 g/mol. The third-order valence-electron chi connectivity index (χ3n) is 2.40. The molecule has 2 N–H and O–H groups in total. The minimum atomic E-state index is -0.346. The van der Waals surface area contributed by atoms with Gasteiger partial charge in [-0.15, -0.1) is 0 Å². The van der Waals surface area contributed by atoms with Crippen LogP contribution >= 0.6 is 43.4 Å². The number of aromatic nitrogens is 1. The zero-order valence-electron chi connectivity index (χ0n) is 12.0. The van der Waals surface area contributed by atoms with E-state index in [4.69, 9.17) is 31.6 Å². The number of nitrogens with one attached hydrogen (secondary N) is 1. The summed E-state index contributed by atoms with van der Waals surface area (Å²) >= 11 is 6.20. The smallest absolute Gasteiger partial charge is 0.870 e. The second kappa shape index (κ2) is 13.8. The Hall–Kier alpha value is -0.557. The van der Waals surface area contributed by atoms with Gasteiger partial charge in [-0.25, -0.2) is 0 Å². The van der Waals surface area contributed by atoms with Crippen LogP contribution in [0, 0.1) is 0 Å². The van der Waals surface area contributed by atoms with Gasteiger partial charge in [0.2, 0.25) is 0 Å². The molecule has 0 fully saturated rings. The number of halogens is 2. The zero-order valence-corrected chi connectivity index (χ0v) is 16.8. The molecule has 0 aliphatic carbocycles. The predicted octanol–water partition coefficient (Wildman–Crippen LogP) is 4.27. The van der Waals surface area contributed by atoms with Crippen molar-refractivity contribution in [3.05, 3.63) is 66.0 Å². The van der Waals surface area contributed by atoms with Gasteiger partial charge < -0.3 is 5.48 Å². The molecule has 0 atom stereocenters. The summed E-state index contributed by atoms with van der Waals surface area (Å²) in [5.41, 5.74) is 5.46. The number of hydrogen-bond acceptors (Lipinski definition) is 5. The van der Waals surface area contributed by atoms with Crippen LogP contribution in [0.2, 0.25) is 0 Å². The van der Waals surface area contributed by atoms with Crippen molar-refractivity contribution in [2.75, 3.05) is 6.26 Å². The number of hydrogen-bond donors (Lipinski definition) is 1. The van der Waals surface area contributed by atoms with E-state index < -0.39 is 0 Å². The molecule has 0 saturated carbocycles. The summed E-state index contributed by atoms with van der Waals surface area (Å²) in [5, 5.41) is 4.38. The van der Waals surface area contributed by atoms with Crippen LogP contribution in [-0.4, -0.2) is 26.7 Å². The van der Waals surface area contributed by atoms with Crippen molar-refractivity contribution in [2.45, 2.75) is 0 Å². The Kier molecular flexibility index (Phi) is 13.5. The molecule has 1 heterocycles. The summed E-state index contributed by atoms with van der Waals surface area (Å²) in [5.74, 6) is 0. The number of benzene rings is 1. The summed E-state index contributed by atoms with van der Waals surface area (Å²) in [6, 6.07) is 15.7. The first-order valence-electron chi connectivity index (χ1n) is 5.96. The van der Waals surface area contributed by atoms with Crippen LogP contribution < -0.4 is 5.43 Å². The normalized spacial score (nSPS) is 10.1. The minimum absolute atomic E-state index is 0. The molecule has 2 rings (SSSR count). The van der Waals surface area contributed by atoms with Gasteiger partial charge in [-0.1, -0.05) is 60.4 Å². The van der Waals surface area contributed by atoms with Crippen LogP contribution in [0.1, 0.15) is 11.3 Å². The number of thioether (sulfide) groups is 1. The van der Waals surface area contributed by atoms with E-state index in [1.54, 1.807) is 6.20 Å². The van der Waals surface area contributed by atoms with Gasteiger partial charge in [-0.3, -0.25) is 10.4 Å². The number of thiocarbonyl (C=S) groups is 1. The Balaban J connectivity index is 0.00000112. The van der Waals surface area contributed by atoms with E-state index in [0.717, 1.165) is 17.0 Å². The standard InChI is InChI=1S/C14H13N3S2.2ClH.H2O.Ru/c1-19-14(18)17-16-13(11-7-3-2-4-8-11)12-9-5-6-10-15-12;;;;/h2-10H,1H3,(H,17,18);2*1H;1H2;/q;;;;+2/p-3. The van der Waals surface area contributed by atoms with Crippen LogP contribution in [0.15, 0.2) is 59.8 Å². The van der Waals surface area contributed by atoms with Crippen LogP contribution in [0.5, 0.6) is 0 Å². The fraction of sp³-hybridized carbons (Fsp3) is 0.0714. The van der Waals surface area contributed by atoms with Crippen LogP contribution in [0.25, 0.3) is 0 Å². The Morgan fingerprint density at radius 1 is 1.17 bits per heavy atom. The molecule has 23 heavy (non-hydrogen) atoms. The Bertz CT molecular complexity index is 562. The maximum atomic E-state index is 5.10. The van der Waals surface area contributed by atoms with Crippen molar-refractivity contribution in [1.29, 1.82) is 0 Å². The molecule has 0 radical (unpaired) electrons. The quantitative estimate of drug-likeness (QED) is 0.310. The molecule has 2 aromatic rings. The van der Waals surface area contributed by atoms with Crippen LogP contribution in [0.4, 0.5) is 0 Å². The number of nitrogens with zero attached hydrogens (tertiary/aromatic N) is 2. The largest absolute Gasteiger partial charge is 0.870 e. The first kappa shape index (κ1) is 22.4. The maximum Gasteiger partial charge on any atom is -0.870 e. The molecule has 0 aliphatic heterocycles. The van der Waals surface area contributed by atoms with E-state index >= 15 is 0 Å². The summed E-state index contributed by atoms with van der Waals surface area (Å²) in [6.45, 7) is 0. The first-order valence-corrected chi connectivity index (χ1v) is 12.1. The summed E-state index contributed by atoms with van der Waals surface area (Å²) in [6.07, 6.45) is 3.66. The first-order chi connectivity index (χ1) is 10.7. The molecule has 1 aromatic carbocycles. The Morgan fingerprint density at radius 3 is 2.30 bits per heavy atom. The second-order valence-electron chi connectivity index (χ2n) is 3.70. The van der Waals surface area contributed by atoms with Gasteiger partial charge in [0.05, 0.1) is 5.69 Å². The van der Waals surface area contributed by atoms with Crippen LogP contribution in [0.3, 0.4) is 0 Å².